The molecular formula is C17H17FN2O2. The summed E-state index contributed by atoms with van der Waals surface area (Å²) in [6, 6.07) is 13.6. The minimum absolute atomic E-state index is 0.0173. The molecule has 1 aliphatic heterocycles. The minimum atomic E-state index is -0.384. The Morgan fingerprint density at radius 1 is 1.23 bits per heavy atom. The number of benzene rings is 2. The Hall–Kier alpha value is -2.40. The van der Waals surface area contributed by atoms with Gasteiger partial charge in [0.25, 0.3) is 5.91 Å². The summed E-state index contributed by atoms with van der Waals surface area (Å²) in [4.78, 5) is 12.0. The molecule has 114 valence electrons. The molecule has 0 aliphatic carbocycles. The largest absolute Gasteiger partial charge is 0.485 e. The molecule has 1 heterocycles. The fraction of sp³-hybridized carbons (Fsp3) is 0.235. The minimum Gasteiger partial charge on any atom is -0.485 e. The predicted molar refractivity (Wildman–Crippen MR) is 81.3 cm³/mol. The van der Waals surface area contributed by atoms with Crippen molar-refractivity contribution >= 4 is 5.91 Å². The van der Waals surface area contributed by atoms with Crippen molar-refractivity contribution in [1.82, 2.24) is 10.6 Å². The van der Waals surface area contributed by atoms with E-state index in [2.05, 4.69) is 10.6 Å². The molecule has 1 amide bonds. The van der Waals surface area contributed by atoms with Gasteiger partial charge in [0, 0.05) is 25.2 Å². The van der Waals surface area contributed by atoms with Gasteiger partial charge >= 0.3 is 0 Å². The van der Waals surface area contributed by atoms with Crippen molar-refractivity contribution in [2.75, 3.05) is 13.1 Å². The lowest BCUT2D eigenvalue weighted by Crippen LogP contribution is -2.50. The van der Waals surface area contributed by atoms with E-state index in [-0.39, 0.29) is 23.6 Å². The summed E-state index contributed by atoms with van der Waals surface area (Å²) < 4.78 is 19.3. The Morgan fingerprint density at radius 3 is 2.68 bits per heavy atom. The Balaban J connectivity index is 1.62. The molecule has 1 aliphatic rings. The molecule has 0 spiro atoms. The maximum absolute atomic E-state index is 13.7. The van der Waals surface area contributed by atoms with E-state index in [0.717, 1.165) is 18.7 Å². The van der Waals surface area contributed by atoms with Crippen LogP contribution in [0.25, 0.3) is 0 Å². The van der Waals surface area contributed by atoms with Gasteiger partial charge in [-0.2, -0.15) is 0 Å². The van der Waals surface area contributed by atoms with Crippen molar-refractivity contribution in [3.8, 4) is 5.75 Å². The van der Waals surface area contributed by atoms with Gasteiger partial charge in [0.05, 0.1) is 0 Å². The van der Waals surface area contributed by atoms with Crippen LogP contribution in [0.4, 0.5) is 4.39 Å². The fourth-order valence-corrected chi connectivity index (χ4v) is 2.15. The molecule has 0 atom stereocenters. The number of halogens is 1. The molecule has 3 rings (SSSR count). The third kappa shape index (κ3) is 3.43. The van der Waals surface area contributed by atoms with Crippen LogP contribution in [0.2, 0.25) is 0 Å². The van der Waals surface area contributed by atoms with E-state index in [1.807, 2.05) is 18.2 Å². The topological polar surface area (TPSA) is 50.4 Å². The van der Waals surface area contributed by atoms with Crippen LogP contribution in [0.3, 0.4) is 0 Å². The van der Waals surface area contributed by atoms with Gasteiger partial charge in [-0.25, -0.2) is 4.39 Å². The van der Waals surface area contributed by atoms with Gasteiger partial charge in [-0.1, -0.05) is 24.3 Å². The zero-order chi connectivity index (χ0) is 15.4. The van der Waals surface area contributed by atoms with Crippen molar-refractivity contribution in [2.24, 2.45) is 0 Å². The van der Waals surface area contributed by atoms with Gasteiger partial charge in [-0.15, -0.1) is 0 Å². The molecule has 2 aromatic rings. The molecule has 2 aromatic carbocycles. The average Bonchev–Trinajstić information content (AvgIpc) is 2.51. The number of carbonyl (C=O) groups is 1. The predicted octanol–water partition coefficient (Wildman–Crippen LogP) is 2.11. The maximum atomic E-state index is 13.7. The normalized spacial score (nSPS) is 14.2. The third-order valence-electron chi connectivity index (χ3n) is 3.52. The van der Waals surface area contributed by atoms with Crippen LogP contribution in [0.15, 0.2) is 48.5 Å². The second kappa shape index (κ2) is 6.58. The highest BCUT2D eigenvalue weighted by Gasteiger charge is 2.20. The SMILES string of the molecule is O=C(NCc1ccc(F)c(OC2CNC2)c1)c1ccccc1. The molecule has 22 heavy (non-hydrogen) atoms. The van der Waals surface area contributed by atoms with Crippen LogP contribution in [0.1, 0.15) is 15.9 Å². The van der Waals surface area contributed by atoms with Gasteiger partial charge in [0.15, 0.2) is 11.6 Å². The number of hydrogen-bond acceptors (Lipinski definition) is 3. The van der Waals surface area contributed by atoms with Crippen LogP contribution in [0.5, 0.6) is 5.75 Å². The van der Waals surface area contributed by atoms with Gasteiger partial charge in [-0.3, -0.25) is 4.79 Å². The summed E-state index contributed by atoms with van der Waals surface area (Å²) >= 11 is 0. The van der Waals surface area contributed by atoms with Gasteiger partial charge in [0.2, 0.25) is 0 Å². The lowest BCUT2D eigenvalue weighted by atomic mass is 10.1. The molecule has 4 nitrogen and oxygen atoms in total. The Morgan fingerprint density at radius 2 is 2.00 bits per heavy atom. The summed E-state index contributed by atoms with van der Waals surface area (Å²) in [5, 5.41) is 5.88. The zero-order valence-electron chi connectivity index (χ0n) is 12.0. The smallest absolute Gasteiger partial charge is 0.251 e. The highest BCUT2D eigenvalue weighted by molar-refractivity contribution is 5.94. The summed E-state index contributed by atoms with van der Waals surface area (Å²) in [7, 11) is 0. The molecule has 0 bridgehead atoms. The first-order valence-electron chi connectivity index (χ1n) is 7.21. The highest BCUT2D eigenvalue weighted by atomic mass is 19.1. The van der Waals surface area contributed by atoms with E-state index in [1.54, 1.807) is 24.3 Å². The fourth-order valence-electron chi connectivity index (χ4n) is 2.15. The second-order valence-electron chi connectivity index (χ2n) is 5.21. The number of hydrogen-bond donors (Lipinski definition) is 2. The van der Waals surface area contributed by atoms with Crippen molar-refractivity contribution in [2.45, 2.75) is 12.6 Å². The number of carbonyl (C=O) groups excluding carboxylic acids is 1. The molecular weight excluding hydrogens is 283 g/mol. The lowest BCUT2D eigenvalue weighted by Gasteiger charge is -2.28. The summed E-state index contributed by atoms with van der Waals surface area (Å²) in [5.74, 6) is -0.307. The van der Waals surface area contributed by atoms with Crippen molar-refractivity contribution in [3.63, 3.8) is 0 Å². The monoisotopic (exact) mass is 300 g/mol. The quantitative estimate of drug-likeness (QED) is 0.889. The van der Waals surface area contributed by atoms with Gasteiger partial charge in [0.1, 0.15) is 6.10 Å². The Kier molecular flexibility index (Phi) is 4.34. The summed E-state index contributed by atoms with van der Waals surface area (Å²) in [6.45, 7) is 1.79. The van der Waals surface area contributed by atoms with Crippen LogP contribution in [-0.4, -0.2) is 25.1 Å². The van der Waals surface area contributed by atoms with E-state index < -0.39 is 0 Å². The maximum Gasteiger partial charge on any atom is 0.251 e. The Bertz CT molecular complexity index is 657. The number of ether oxygens (including phenoxy) is 1. The molecule has 1 saturated heterocycles. The van der Waals surface area contributed by atoms with Crippen molar-refractivity contribution < 1.29 is 13.9 Å². The molecule has 0 radical (unpaired) electrons. The second-order valence-corrected chi connectivity index (χ2v) is 5.21. The van der Waals surface area contributed by atoms with E-state index >= 15 is 0 Å². The van der Waals surface area contributed by atoms with Crippen LogP contribution < -0.4 is 15.4 Å². The van der Waals surface area contributed by atoms with Crippen LogP contribution in [0, 0.1) is 5.82 Å². The number of rotatable bonds is 5. The van der Waals surface area contributed by atoms with Crippen LogP contribution in [-0.2, 0) is 6.54 Å². The van der Waals surface area contributed by atoms with Crippen molar-refractivity contribution in [3.05, 3.63) is 65.5 Å². The summed E-state index contributed by atoms with van der Waals surface area (Å²) in [5.41, 5.74) is 1.40. The molecule has 1 fully saturated rings. The first kappa shape index (κ1) is 14.5. The Labute approximate surface area is 128 Å². The highest BCUT2D eigenvalue weighted by Crippen LogP contribution is 2.21. The van der Waals surface area contributed by atoms with Crippen molar-refractivity contribution in [1.29, 1.82) is 0 Å². The average molecular weight is 300 g/mol. The molecule has 0 unspecified atom stereocenters. The van der Waals surface area contributed by atoms with E-state index in [4.69, 9.17) is 4.74 Å². The van der Waals surface area contributed by atoms with Gasteiger partial charge in [-0.05, 0) is 29.8 Å². The van der Waals surface area contributed by atoms with Crippen LogP contribution >= 0.6 is 0 Å². The first-order valence-corrected chi connectivity index (χ1v) is 7.21. The molecule has 0 aromatic heterocycles. The molecule has 0 saturated carbocycles. The van der Waals surface area contributed by atoms with E-state index in [0.29, 0.717) is 12.1 Å². The number of nitrogens with one attached hydrogen (secondary N) is 2. The zero-order valence-corrected chi connectivity index (χ0v) is 12.0. The van der Waals surface area contributed by atoms with Gasteiger partial charge < -0.3 is 15.4 Å². The molecule has 5 heteroatoms. The summed E-state index contributed by atoms with van der Waals surface area (Å²) in [6.07, 6.45) is 0.0173. The van der Waals surface area contributed by atoms with E-state index in [1.165, 1.54) is 6.07 Å². The lowest BCUT2D eigenvalue weighted by molar-refractivity contribution is 0.0950. The van der Waals surface area contributed by atoms with E-state index in [9.17, 15) is 9.18 Å². The number of amides is 1. The standard InChI is InChI=1S/C17H17FN2O2/c18-15-7-6-12(8-16(15)22-14-10-19-11-14)9-20-17(21)13-4-2-1-3-5-13/h1-8,14,19H,9-11H2,(H,20,21). The first-order chi connectivity index (χ1) is 10.7. The molecule has 2 N–H and O–H groups in total. The third-order valence-corrected chi connectivity index (χ3v) is 3.52.